The fourth-order valence-corrected chi connectivity index (χ4v) is 4.58. The molecule has 7 nitrogen and oxygen atoms in total. The summed E-state index contributed by atoms with van der Waals surface area (Å²) in [5, 5.41) is 0.906. The summed E-state index contributed by atoms with van der Waals surface area (Å²) in [4.78, 5) is 37.3. The third-order valence-corrected chi connectivity index (χ3v) is 6.60. The number of carbonyl (C=O) groups excluding carboxylic acids is 2. The Balaban J connectivity index is 1.32. The Bertz CT molecular complexity index is 929. The van der Waals surface area contributed by atoms with Crippen LogP contribution in [-0.2, 0) is 4.79 Å². The number of rotatable bonds is 5. The van der Waals surface area contributed by atoms with E-state index in [4.69, 9.17) is 1.37 Å². The van der Waals surface area contributed by atoms with E-state index < -0.39 is 0 Å². The van der Waals surface area contributed by atoms with Crippen molar-refractivity contribution in [3.8, 4) is 0 Å². The molecule has 0 atom stereocenters. The molecule has 2 aliphatic rings. The molecule has 0 saturated carbocycles. The van der Waals surface area contributed by atoms with Gasteiger partial charge in [-0.25, -0.2) is 0 Å². The minimum absolute atomic E-state index is 0.0209. The van der Waals surface area contributed by atoms with Gasteiger partial charge in [0.2, 0.25) is 5.91 Å². The van der Waals surface area contributed by atoms with Crippen molar-refractivity contribution in [1.29, 1.82) is 0 Å². The van der Waals surface area contributed by atoms with E-state index in [0.29, 0.717) is 24.3 Å². The molecule has 2 saturated heterocycles. The van der Waals surface area contributed by atoms with Crippen LogP contribution in [0.15, 0.2) is 30.4 Å². The summed E-state index contributed by atoms with van der Waals surface area (Å²) < 4.78 is 7.71. The first-order valence-electron chi connectivity index (χ1n) is 11.5. The van der Waals surface area contributed by atoms with Gasteiger partial charge in [0.1, 0.15) is 6.54 Å². The van der Waals surface area contributed by atoms with E-state index in [-0.39, 0.29) is 18.4 Å². The Labute approximate surface area is 180 Å². The van der Waals surface area contributed by atoms with Gasteiger partial charge in [-0.1, -0.05) is 6.07 Å². The molecule has 0 unspecified atom stereocenters. The van der Waals surface area contributed by atoms with Crippen LogP contribution in [0, 0.1) is 0 Å². The van der Waals surface area contributed by atoms with E-state index >= 15 is 0 Å². The summed E-state index contributed by atoms with van der Waals surface area (Å²) in [6.45, 7) is 8.08. The number of benzene rings is 1. The quantitative estimate of drug-likeness (QED) is 0.814. The number of amides is 2. The van der Waals surface area contributed by atoms with Crippen LogP contribution < -0.4 is 0 Å². The summed E-state index contributed by atoms with van der Waals surface area (Å²) in [5.74, 6) is -0.128. The molecular formula is C23H33N5O2. The van der Waals surface area contributed by atoms with Crippen LogP contribution in [0.1, 0.15) is 31.5 Å². The van der Waals surface area contributed by atoms with Crippen LogP contribution >= 0.6 is 0 Å². The van der Waals surface area contributed by atoms with E-state index in [9.17, 15) is 9.59 Å². The highest BCUT2D eigenvalue weighted by molar-refractivity contribution is 5.99. The number of H-pyrrole nitrogens is 1. The molecule has 1 aromatic carbocycles. The molecular weight excluding hydrogens is 378 g/mol. The zero-order chi connectivity index (χ0) is 22.0. The van der Waals surface area contributed by atoms with Gasteiger partial charge in [0.15, 0.2) is 0 Å². The number of nitrogens with zero attached hydrogens (tertiary/aromatic N) is 4. The maximum absolute atomic E-state index is 13.0. The number of hydrogen-bond donors (Lipinski definition) is 1. The number of nitrogens with one attached hydrogen (secondary N) is 1. The Morgan fingerprint density at radius 2 is 1.87 bits per heavy atom. The molecule has 7 heteroatoms. The maximum atomic E-state index is 13.0. The first-order chi connectivity index (χ1) is 14.9. The summed E-state index contributed by atoms with van der Waals surface area (Å²) in [5.41, 5.74) is 1.30. The second-order valence-corrected chi connectivity index (χ2v) is 8.49. The van der Waals surface area contributed by atoms with Gasteiger partial charge in [0.05, 0.1) is 1.37 Å². The second kappa shape index (κ2) is 9.18. The topological polar surface area (TPSA) is 62.9 Å². The Morgan fingerprint density at radius 1 is 1.13 bits per heavy atom. The van der Waals surface area contributed by atoms with Gasteiger partial charge in [-0.05, 0) is 63.5 Å². The van der Waals surface area contributed by atoms with Crippen LogP contribution in [0.25, 0.3) is 10.9 Å². The highest BCUT2D eigenvalue weighted by Crippen LogP contribution is 2.18. The number of hydrogen-bond acceptors (Lipinski definition) is 4. The molecule has 0 bridgehead atoms. The van der Waals surface area contributed by atoms with E-state index in [2.05, 4.69) is 21.8 Å². The zero-order valence-corrected chi connectivity index (χ0v) is 18.1. The summed E-state index contributed by atoms with van der Waals surface area (Å²) >= 11 is 0. The lowest BCUT2D eigenvalue weighted by Gasteiger charge is -2.42. The van der Waals surface area contributed by atoms with Crippen molar-refractivity contribution in [2.45, 2.75) is 25.8 Å². The van der Waals surface area contributed by atoms with Gasteiger partial charge < -0.3 is 19.7 Å². The molecule has 2 fully saturated rings. The minimum Gasteiger partial charge on any atom is -0.361 e. The van der Waals surface area contributed by atoms with E-state index in [1.165, 1.54) is 12.8 Å². The predicted molar refractivity (Wildman–Crippen MR) is 119 cm³/mol. The number of fused-ring (bicyclic) bond motifs is 1. The lowest BCUT2D eigenvalue weighted by molar-refractivity contribution is -0.134. The van der Waals surface area contributed by atoms with Crippen LogP contribution in [0.5, 0.6) is 0 Å². The number of piperazine rings is 1. The highest BCUT2D eigenvalue weighted by Gasteiger charge is 2.29. The van der Waals surface area contributed by atoms with Gasteiger partial charge in [-0.3, -0.25) is 14.5 Å². The van der Waals surface area contributed by atoms with Gasteiger partial charge in [-0.2, -0.15) is 0 Å². The standard InChI is InChI=1S/C23H33N5O2/c1-3-26(23(30)19-5-4-18-6-9-24-21(18)16-19)17-22(29)28-14-12-27(13-15-28)20-7-10-25(2)11-8-20/h4-6,9,16,20,24H,3,7-8,10-15,17H2,1-2H3/i9D. The van der Waals surface area contributed by atoms with Crippen molar-refractivity contribution in [2.75, 3.05) is 59.4 Å². The van der Waals surface area contributed by atoms with Crippen molar-refractivity contribution in [3.05, 3.63) is 36.0 Å². The maximum Gasteiger partial charge on any atom is 0.254 e. The predicted octanol–water partition coefficient (Wildman–Crippen LogP) is 1.87. The number of likely N-dealkylation sites (N-methyl/N-ethyl adjacent to an activating group) is 1. The average molecular weight is 413 g/mol. The molecule has 4 rings (SSSR count). The molecule has 2 amide bonds. The number of aromatic amines is 1. The normalized spacial score (nSPS) is 19.8. The molecule has 2 aliphatic heterocycles. The Morgan fingerprint density at radius 3 is 2.57 bits per heavy atom. The van der Waals surface area contributed by atoms with Crippen molar-refractivity contribution in [2.24, 2.45) is 0 Å². The lowest BCUT2D eigenvalue weighted by Crippen LogP contribution is -2.55. The van der Waals surface area contributed by atoms with Gasteiger partial charge >= 0.3 is 0 Å². The smallest absolute Gasteiger partial charge is 0.254 e. The van der Waals surface area contributed by atoms with E-state index in [0.717, 1.165) is 50.2 Å². The molecule has 3 heterocycles. The fraction of sp³-hybridized carbons (Fsp3) is 0.565. The van der Waals surface area contributed by atoms with Crippen LogP contribution in [0.2, 0.25) is 0 Å². The van der Waals surface area contributed by atoms with Crippen molar-refractivity contribution < 1.29 is 11.0 Å². The SMILES string of the molecule is [2H]c1cc2ccc(C(=O)N(CC)CC(=O)N3CCN(C4CCN(C)CC4)CC3)cc2[nH]1. The highest BCUT2D eigenvalue weighted by atomic mass is 16.2. The zero-order valence-electron chi connectivity index (χ0n) is 19.1. The largest absolute Gasteiger partial charge is 0.361 e. The second-order valence-electron chi connectivity index (χ2n) is 8.49. The summed E-state index contributed by atoms with van der Waals surface area (Å²) in [7, 11) is 2.18. The first-order valence-corrected chi connectivity index (χ1v) is 11.0. The monoisotopic (exact) mass is 412 g/mol. The molecule has 0 aliphatic carbocycles. The third kappa shape index (κ3) is 4.52. The fourth-order valence-electron chi connectivity index (χ4n) is 4.58. The number of aromatic nitrogens is 1. The summed E-state index contributed by atoms with van der Waals surface area (Å²) in [6.07, 6.45) is 2.73. The molecule has 1 aromatic heterocycles. The first kappa shape index (κ1) is 19.6. The molecule has 1 N–H and O–H groups in total. The molecule has 2 aromatic rings. The van der Waals surface area contributed by atoms with Gasteiger partial charge in [0, 0.05) is 56.0 Å². The Hall–Kier alpha value is -2.38. The van der Waals surface area contributed by atoms with Gasteiger partial charge in [0.25, 0.3) is 5.91 Å². The molecule has 162 valence electrons. The van der Waals surface area contributed by atoms with Gasteiger partial charge in [-0.15, -0.1) is 0 Å². The third-order valence-electron chi connectivity index (χ3n) is 6.60. The number of likely N-dealkylation sites (tertiary alicyclic amines) is 1. The molecule has 0 spiro atoms. The molecule has 0 radical (unpaired) electrons. The number of piperidine rings is 1. The number of carbonyl (C=O) groups is 2. The van der Waals surface area contributed by atoms with E-state index in [1.807, 2.05) is 17.9 Å². The average Bonchev–Trinajstić information content (AvgIpc) is 3.16. The van der Waals surface area contributed by atoms with Crippen LogP contribution in [0.4, 0.5) is 0 Å². The summed E-state index contributed by atoms with van der Waals surface area (Å²) in [6, 6.07) is 7.74. The van der Waals surface area contributed by atoms with Crippen LogP contribution in [0.3, 0.4) is 0 Å². The lowest BCUT2D eigenvalue weighted by atomic mass is 10.0. The Kier molecular flexibility index (Phi) is 5.99. The minimum atomic E-state index is -0.149. The molecule has 30 heavy (non-hydrogen) atoms. The van der Waals surface area contributed by atoms with Crippen molar-refractivity contribution >= 4 is 22.7 Å². The van der Waals surface area contributed by atoms with Crippen molar-refractivity contribution in [3.63, 3.8) is 0 Å². The van der Waals surface area contributed by atoms with E-state index in [1.54, 1.807) is 23.1 Å². The van der Waals surface area contributed by atoms with Crippen LogP contribution in [-0.4, -0.2) is 102 Å². The van der Waals surface area contributed by atoms with Crippen molar-refractivity contribution in [1.82, 2.24) is 24.6 Å².